The van der Waals surface area contributed by atoms with Gasteiger partial charge in [0.15, 0.2) is 0 Å². The Bertz CT molecular complexity index is 118. The molecular weight excluding hydrogens is 128 g/mol. The lowest BCUT2D eigenvalue weighted by atomic mass is 10.2. The molecule has 0 rings (SSSR count). The van der Waals surface area contributed by atoms with Gasteiger partial charge in [0.1, 0.15) is 0 Å². The van der Waals surface area contributed by atoms with E-state index in [2.05, 4.69) is 6.58 Å². The van der Waals surface area contributed by atoms with E-state index in [0.717, 1.165) is 0 Å². The minimum atomic E-state index is -0.145. The number of carbonyl (C=O) groups is 1. The van der Waals surface area contributed by atoms with Gasteiger partial charge in [0.25, 0.3) is 0 Å². The second kappa shape index (κ2) is 5.03. The topological polar surface area (TPSA) is 26.3 Å². The third-order valence-electron chi connectivity index (χ3n) is 1.20. The summed E-state index contributed by atoms with van der Waals surface area (Å²) in [5.41, 5.74) is 0. The Labute approximate surface area is 61.9 Å². The lowest BCUT2D eigenvalue weighted by molar-refractivity contribution is -0.144. The van der Waals surface area contributed by atoms with Crippen molar-refractivity contribution in [2.24, 2.45) is 5.92 Å². The van der Waals surface area contributed by atoms with Crippen LogP contribution in [0.25, 0.3) is 0 Å². The molecule has 0 aliphatic carbocycles. The van der Waals surface area contributed by atoms with Gasteiger partial charge in [-0.15, -0.1) is 6.58 Å². The molecule has 0 aliphatic heterocycles. The SMILES string of the molecule is C=CC(C)COC(=O)CC. The molecule has 0 spiro atoms. The van der Waals surface area contributed by atoms with Crippen LogP contribution < -0.4 is 0 Å². The molecule has 0 bridgehead atoms. The van der Waals surface area contributed by atoms with E-state index in [0.29, 0.717) is 13.0 Å². The van der Waals surface area contributed by atoms with Crippen molar-refractivity contribution in [1.82, 2.24) is 0 Å². The van der Waals surface area contributed by atoms with E-state index < -0.39 is 0 Å². The van der Waals surface area contributed by atoms with E-state index >= 15 is 0 Å². The Kier molecular flexibility index (Phi) is 4.63. The predicted molar refractivity (Wildman–Crippen MR) is 40.6 cm³/mol. The van der Waals surface area contributed by atoms with Crippen LogP contribution in [0.15, 0.2) is 12.7 Å². The maximum atomic E-state index is 10.6. The van der Waals surface area contributed by atoms with Crippen molar-refractivity contribution < 1.29 is 9.53 Å². The summed E-state index contributed by atoms with van der Waals surface area (Å²) in [4.78, 5) is 10.6. The summed E-state index contributed by atoms with van der Waals surface area (Å²) in [6.45, 7) is 7.76. The first kappa shape index (κ1) is 9.21. The van der Waals surface area contributed by atoms with Crippen molar-refractivity contribution in [1.29, 1.82) is 0 Å². The van der Waals surface area contributed by atoms with Crippen LogP contribution in [-0.4, -0.2) is 12.6 Å². The largest absolute Gasteiger partial charge is 0.465 e. The highest BCUT2D eigenvalue weighted by Gasteiger charge is 2.00. The van der Waals surface area contributed by atoms with Gasteiger partial charge < -0.3 is 4.74 Å². The summed E-state index contributed by atoms with van der Waals surface area (Å²) >= 11 is 0. The Morgan fingerprint density at radius 1 is 1.80 bits per heavy atom. The molecule has 0 aliphatic rings. The van der Waals surface area contributed by atoms with Crippen LogP contribution in [0.1, 0.15) is 20.3 Å². The van der Waals surface area contributed by atoms with Gasteiger partial charge >= 0.3 is 5.97 Å². The second-order valence-corrected chi connectivity index (χ2v) is 2.25. The van der Waals surface area contributed by atoms with Crippen molar-refractivity contribution >= 4 is 5.97 Å². The monoisotopic (exact) mass is 142 g/mol. The first-order chi connectivity index (χ1) is 4.70. The molecule has 0 aromatic heterocycles. The highest BCUT2D eigenvalue weighted by atomic mass is 16.5. The van der Waals surface area contributed by atoms with Crippen molar-refractivity contribution in [3.63, 3.8) is 0 Å². The van der Waals surface area contributed by atoms with E-state index in [9.17, 15) is 4.79 Å². The van der Waals surface area contributed by atoms with E-state index in [4.69, 9.17) is 4.74 Å². The van der Waals surface area contributed by atoms with Crippen LogP contribution in [0.3, 0.4) is 0 Å². The smallest absolute Gasteiger partial charge is 0.305 e. The number of ether oxygens (including phenoxy) is 1. The summed E-state index contributed by atoms with van der Waals surface area (Å²) in [6, 6.07) is 0. The summed E-state index contributed by atoms with van der Waals surface area (Å²) in [5, 5.41) is 0. The fraction of sp³-hybridized carbons (Fsp3) is 0.625. The van der Waals surface area contributed by atoms with Gasteiger partial charge in [-0.25, -0.2) is 0 Å². The summed E-state index contributed by atoms with van der Waals surface area (Å²) in [6.07, 6.45) is 2.22. The van der Waals surface area contributed by atoms with Gasteiger partial charge in [-0.3, -0.25) is 4.79 Å². The predicted octanol–water partition coefficient (Wildman–Crippen LogP) is 1.76. The molecule has 0 aromatic carbocycles. The maximum absolute atomic E-state index is 10.6. The molecule has 0 N–H and O–H groups in total. The average Bonchev–Trinajstić information content (AvgIpc) is 1.99. The molecule has 0 amide bonds. The van der Waals surface area contributed by atoms with Gasteiger partial charge in [-0.2, -0.15) is 0 Å². The van der Waals surface area contributed by atoms with Crippen LogP contribution in [0.4, 0.5) is 0 Å². The maximum Gasteiger partial charge on any atom is 0.305 e. The average molecular weight is 142 g/mol. The first-order valence-corrected chi connectivity index (χ1v) is 3.48. The highest BCUT2D eigenvalue weighted by molar-refractivity contribution is 5.68. The Morgan fingerprint density at radius 3 is 2.80 bits per heavy atom. The number of esters is 1. The number of hydrogen-bond acceptors (Lipinski definition) is 2. The van der Waals surface area contributed by atoms with Gasteiger partial charge in [0.05, 0.1) is 6.61 Å². The molecule has 0 saturated carbocycles. The molecule has 2 nitrogen and oxygen atoms in total. The lowest BCUT2D eigenvalue weighted by Gasteiger charge is -2.05. The van der Waals surface area contributed by atoms with Crippen LogP contribution in [0.2, 0.25) is 0 Å². The Hall–Kier alpha value is -0.790. The summed E-state index contributed by atoms with van der Waals surface area (Å²) in [5.74, 6) is 0.115. The zero-order valence-electron chi connectivity index (χ0n) is 6.59. The molecule has 0 radical (unpaired) electrons. The summed E-state index contributed by atoms with van der Waals surface area (Å²) in [7, 11) is 0. The van der Waals surface area contributed by atoms with Crippen LogP contribution in [0.5, 0.6) is 0 Å². The molecule has 10 heavy (non-hydrogen) atoms. The number of carbonyl (C=O) groups excluding carboxylic acids is 1. The van der Waals surface area contributed by atoms with Gasteiger partial charge in [0.2, 0.25) is 0 Å². The fourth-order valence-corrected chi connectivity index (χ4v) is 0.394. The molecule has 0 saturated heterocycles. The molecule has 58 valence electrons. The van der Waals surface area contributed by atoms with Crippen molar-refractivity contribution in [2.75, 3.05) is 6.61 Å². The highest BCUT2D eigenvalue weighted by Crippen LogP contribution is 1.96. The molecule has 1 atom stereocenters. The minimum Gasteiger partial charge on any atom is -0.465 e. The molecule has 0 heterocycles. The molecular formula is C8H14O2. The molecule has 2 heteroatoms. The molecule has 0 fully saturated rings. The van der Waals surface area contributed by atoms with Gasteiger partial charge in [0, 0.05) is 12.3 Å². The summed E-state index contributed by atoms with van der Waals surface area (Å²) < 4.78 is 4.83. The third kappa shape index (κ3) is 4.13. The zero-order valence-corrected chi connectivity index (χ0v) is 6.59. The van der Waals surface area contributed by atoms with Crippen molar-refractivity contribution in [3.8, 4) is 0 Å². The van der Waals surface area contributed by atoms with E-state index in [1.165, 1.54) is 0 Å². The quantitative estimate of drug-likeness (QED) is 0.441. The van der Waals surface area contributed by atoms with Gasteiger partial charge in [-0.1, -0.05) is 19.9 Å². The Balaban J connectivity index is 3.34. The first-order valence-electron chi connectivity index (χ1n) is 3.48. The van der Waals surface area contributed by atoms with Crippen LogP contribution in [0, 0.1) is 5.92 Å². The Morgan fingerprint density at radius 2 is 2.40 bits per heavy atom. The normalized spacial score (nSPS) is 12.2. The lowest BCUT2D eigenvalue weighted by Crippen LogP contribution is -2.08. The van der Waals surface area contributed by atoms with Gasteiger partial charge in [-0.05, 0) is 0 Å². The van der Waals surface area contributed by atoms with E-state index in [1.54, 1.807) is 13.0 Å². The van der Waals surface area contributed by atoms with Crippen LogP contribution >= 0.6 is 0 Å². The molecule has 1 unspecified atom stereocenters. The molecule has 0 aromatic rings. The zero-order chi connectivity index (χ0) is 7.98. The minimum absolute atomic E-state index is 0.145. The second-order valence-electron chi connectivity index (χ2n) is 2.25. The van der Waals surface area contributed by atoms with Crippen LogP contribution in [-0.2, 0) is 9.53 Å². The standard InChI is InChI=1S/C8H14O2/c1-4-7(3)6-10-8(9)5-2/h4,7H,1,5-6H2,2-3H3. The number of hydrogen-bond donors (Lipinski definition) is 0. The van der Waals surface area contributed by atoms with Crippen molar-refractivity contribution in [3.05, 3.63) is 12.7 Å². The fourth-order valence-electron chi connectivity index (χ4n) is 0.394. The van der Waals surface area contributed by atoms with Crippen molar-refractivity contribution in [2.45, 2.75) is 20.3 Å². The number of rotatable bonds is 4. The third-order valence-corrected chi connectivity index (χ3v) is 1.20. The van der Waals surface area contributed by atoms with E-state index in [1.807, 2.05) is 6.92 Å². The van der Waals surface area contributed by atoms with E-state index in [-0.39, 0.29) is 11.9 Å².